The number of hydrogen-bond acceptors (Lipinski definition) is 5. The van der Waals surface area contributed by atoms with Crippen LogP contribution in [0.3, 0.4) is 0 Å². The van der Waals surface area contributed by atoms with Gasteiger partial charge in [0.2, 0.25) is 5.91 Å². The van der Waals surface area contributed by atoms with E-state index in [1.165, 1.54) is 0 Å². The maximum atomic E-state index is 12.0. The number of aromatic nitrogens is 1. The SMILES string of the molecule is CCOc1nc2cc(NC(=O)NC(C(N)=O)C(C)C)ccc2o1. The first-order valence-corrected chi connectivity index (χ1v) is 7.31. The molecule has 2 rings (SSSR count). The predicted octanol–water partition coefficient (Wildman–Crippen LogP) is 1.86. The Kier molecular flexibility index (Phi) is 5.05. The van der Waals surface area contributed by atoms with Gasteiger partial charge in [-0.2, -0.15) is 4.98 Å². The number of nitrogens with zero attached hydrogens (tertiary/aromatic N) is 1. The average Bonchev–Trinajstić information content (AvgIpc) is 2.86. The van der Waals surface area contributed by atoms with E-state index in [-0.39, 0.29) is 12.0 Å². The second-order valence-electron chi connectivity index (χ2n) is 5.32. The number of primary amides is 1. The predicted molar refractivity (Wildman–Crippen MR) is 85.2 cm³/mol. The van der Waals surface area contributed by atoms with Gasteiger partial charge in [0.1, 0.15) is 11.6 Å². The minimum Gasteiger partial charge on any atom is -0.450 e. The van der Waals surface area contributed by atoms with E-state index in [9.17, 15) is 9.59 Å². The molecule has 1 unspecified atom stereocenters. The molecule has 0 spiro atoms. The number of amides is 3. The number of carbonyl (C=O) groups excluding carboxylic acids is 2. The standard InChI is InChI=1S/C15H20N4O4/c1-4-22-15-18-10-7-9(5-6-11(10)23-15)17-14(21)19-12(8(2)3)13(16)20/h5-8,12H,4H2,1-3H3,(H2,16,20)(H2,17,19,21). The van der Waals surface area contributed by atoms with Gasteiger partial charge in [0.05, 0.1) is 6.61 Å². The largest absolute Gasteiger partial charge is 0.450 e. The number of ether oxygens (including phenoxy) is 1. The van der Waals surface area contributed by atoms with E-state index in [0.717, 1.165) is 0 Å². The molecule has 0 radical (unpaired) electrons. The summed E-state index contributed by atoms with van der Waals surface area (Å²) in [5.41, 5.74) is 6.89. The molecule has 2 aromatic rings. The van der Waals surface area contributed by atoms with Gasteiger partial charge in [0.25, 0.3) is 0 Å². The van der Waals surface area contributed by atoms with Crippen LogP contribution >= 0.6 is 0 Å². The highest BCUT2D eigenvalue weighted by molar-refractivity contribution is 5.94. The highest BCUT2D eigenvalue weighted by Crippen LogP contribution is 2.23. The summed E-state index contributed by atoms with van der Waals surface area (Å²) in [6, 6.07) is 3.73. The van der Waals surface area contributed by atoms with Gasteiger partial charge in [-0.25, -0.2) is 4.79 Å². The van der Waals surface area contributed by atoms with Crippen molar-refractivity contribution in [2.75, 3.05) is 11.9 Å². The van der Waals surface area contributed by atoms with Crippen LogP contribution in [-0.4, -0.2) is 29.6 Å². The Morgan fingerprint density at radius 1 is 1.39 bits per heavy atom. The maximum absolute atomic E-state index is 12.0. The first-order chi connectivity index (χ1) is 10.9. The van der Waals surface area contributed by atoms with Crippen molar-refractivity contribution < 1.29 is 18.7 Å². The maximum Gasteiger partial charge on any atom is 0.394 e. The van der Waals surface area contributed by atoms with Crippen LogP contribution in [-0.2, 0) is 4.79 Å². The Labute approximate surface area is 133 Å². The number of nitrogens with two attached hydrogens (primary N) is 1. The van der Waals surface area contributed by atoms with Crippen LogP contribution in [0.15, 0.2) is 22.6 Å². The number of nitrogens with one attached hydrogen (secondary N) is 2. The molecule has 1 aromatic heterocycles. The van der Waals surface area contributed by atoms with Crippen molar-refractivity contribution in [2.24, 2.45) is 11.7 Å². The number of carbonyl (C=O) groups is 2. The van der Waals surface area contributed by atoms with Gasteiger partial charge in [-0.15, -0.1) is 0 Å². The monoisotopic (exact) mass is 320 g/mol. The lowest BCUT2D eigenvalue weighted by Crippen LogP contribution is -2.49. The third-order valence-electron chi connectivity index (χ3n) is 3.15. The molecule has 0 saturated carbocycles. The first-order valence-electron chi connectivity index (χ1n) is 7.31. The second kappa shape index (κ2) is 6.99. The molecule has 0 saturated heterocycles. The van der Waals surface area contributed by atoms with E-state index in [2.05, 4.69) is 15.6 Å². The zero-order valence-corrected chi connectivity index (χ0v) is 13.3. The normalized spacial score (nSPS) is 12.2. The van der Waals surface area contributed by atoms with Crippen molar-refractivity contribution in [3.63, 3.8) is 0 Å². The topological polar surface area (TPSA) is 119 Å². The molecule has 3 amide bonds. The third kappa shape index (κ3) is 4.12. The number of benzene rings is 1. The molecular formula is C15H20N4O4. The smallest absolute Gasteiger partial charge is 0.394 e. The molecule has 8 nitrogen and oxygen atoms in total. The van der Waals surface area contributed by atoms with Crippen molar-refractivity contribution in [1.82, 2.24) is 10.3 Å². The Balaban J connectivity index is 2.08. The van der Waals surface area contributed by atoms with E-state index < -0.39 is 18.0 Å². The fourth-order valence-electron chi connectivity index (χ4n) is 2.04. The van der Waals surface area contributed by atoms with Gasteiger partial charge in [-0.05, 0) is 31.0 Å². The summed E-state index contributed by atoms with van der Waals surface area (Å²) in [7, 11) is 0. The molecule has 0 aliphatic carbocycles. The third-order valence-corrected chi connectivity index (χ3v) is 3.15. The van der Waals surface area contributed by atoms with Gasteiger partial charge in [-0.1, -0.05) is 13.8 Å². The van der Waals surface area contributed by atoms with E-state index in [1.807, 2.05) is 6.92 Å². The molecule has 124 valence electrons. The van der Waals surface area contributed by atoms with Gasteiger partial charge in [0.15, 0.2) is 5.58 Å². The lowest BCUT2D eigenvalue weighted by molar-refractivity contribution is -0.120. The van der Waals surface area contributed by atoms with E-state index in [0.29, 0.717) is 23.4 Å². The van der Waals surface area contributed by atoms with Gasteiger partial charge >= 0.3 is 12.1 Å². The quantitative estimate of drug-likeness (QED) is 0.750. The van der Waals surface area contributed by atoms with Gasteiger partial charge in [-0.3, -0.25) is 4.79 Å². The molecule has 0 fully saturated rings. The number of fused-ring (bicyclic) bond motifs is 1. The van der Waals surface area contributed by atoms with E-state index in [1.54, 1.807) is 32.0 Å². The molecule has 8 heteroatoms. The number of urea groups is 1. The Morgan fingerprint density at radius 2 is 2.13 bits per heavy atom. The van der Waals surface area contributed by atoms with Crippen molar-refractivity contribution in [1.29, 1.82) is 0 Å². The molecular weight excluding hydrogens is 300 g/mol. The van der Waals surface area contributed by atoms with Crippen LogP contribution in [0.1, 0.15) is 20.8 Å². The molecule has 4 N–H and O–H groups in total. The Morgan fingerprint density at radius 3 is 2.74 bits per heavy atom. The van der Waals surface area contributed by atoms with Crippen LogP contribution in [0.4, 0.5) is 10.5 Å². The van der Waals surface area contributed by atoms with E-state index >= 15 is 0 Å². The minimum absolute atomic E-state index is 0.106. The zero-order chi connectivity index (χ0) is 17.0. The van der Waals surface area contributed by atoms with Crippen LogP contribution in [0.25, 0.3) is 11.1 Å². The lowest BCUT2D eigenvalue weighted by Gasteiger charge is -2.19. The van der Waals surface area contributed by atoms with Gasteiger partial charge in [0, 0.05) is 5.69 Å². The number of rotatable bonds is 6. The van der Waals surface area contributed by atoms with Crippen LogP contribution in [0, 0.1) is 5.92 Å². The summed E-state index contributed by atoms with van der Waals surface area (Å²) in [4.78, 5) is 27.4. The van der Waals surface area contributed by atoms with Crippen molar-refractivity contribution in [2.45, 2.75) is 26.8 Å². The lowest BCUT2D eigenvalue weighted by atomic mass is 10.0. The molecule has 23 heavy (non-hydrogen) atoms. The summed E-state index contributed by atoms with van der Waals surface area (Å²) in [5, 5.41) is 5.18. The second-order valence-corrected chi connectivity index (χ2v) is 5.32. The fourth-order valence-corrected chi connectivity index (χ4v) is 2.04. The summed E-state index contributed by atoms with van der Waals surface area (Å²) in [5.74, 6) is -0.687. The number of hydrogen-bond donors (Lipinski definition) is 3. The van der Waals surface area contributed by atoms with Crippen molar-refractivity contribution in [3.8, 4) is 6.08 Å². The molecule has 1 heterocycles. The average molecular weight is 320 g/mol. The highest BCUT2D eigenvalue weighted by Gasteiger charge is 2.21. The van der Waals surface area contributed by atoms with Crippen molar-refractivity contribution in [3.05, 3.63) is 18.2 Å². The molecule has 1 atom stereocenters. The summed E-state index contributed by atoms with van der Waals surface area (Å²) in [6.45, 7) is 5.87. The summed E-state index contributed by atoms with van der Waals surface area (Å²) >= 11 is 0. The van der Waals surface area contributed by atoms with Crippen molar-refractivity contribution >= 4 is 28.7 Å². The number of anilines is 1. The first kappa shape index (κ1) is 16.6. The highest BCUT2D eigenvalue weighted by atomic mass is 16.6. The summed E-state index contributed by atoms with van der Waals surface area (Å²) < 4.78 is 10.6. The number of oxazole rings is 1. The Bertz CT molecular complexity index is 711. The fraction of sp³-hybridized carbons (Fsp3) is 0.400. The van der Waals surface area contributed by atoms with Crippen LogP contribution in [0.5, 0.6) is 6.08 Å². The van der Waals surface area contributed by atoms with Crippen LogP contribution in [0.2, 0.25) is 0 Å². The molecule has 1 aromatic carbocycles. The molecule has 0 aliphatic heterocycles. The van der Waals surface area contributed by atoms with Gasteiger partial charge < -0.3 is 25.5 Å². The Hall–Kier alpha value is -2.77. The zero-order valence-electron chi connectivity index (χ0n) is 13.3. The molecule has 0 aliphatic rings. The van der Waals surface area contributed by atoms with Crippen LogP contribution < -0.4 is 21.1 Å². The molecule has 0 bridgehead atoms. The minimum atomic E-state index is -0.740. The summed E-state index contributed by atoms with van der Waals surface area (Å²) in [6.07, 6.45) is 0.178. The van der Waals surface area contributed by atoms with E-state index in [4.69, 9.17) is 14.9 Å².